The highest BCUT2D eigenvalue weighted by Crippen LogP contribution is 2.31. The van der Waals surface area contributed by atoms with E-state index >= 15 is 0 Å². The number of methoxy groups -OCH3 is 1. The van der Waals surface area contributed by atoms with Crippen LogP contribution in [0.25, 0.3) is 0 Å². The number of ether oxygens (including phenoxy) is 2. The maximum Gasteiger partial charge on any atom is 0.165 e. The molecule has 118 valence electrons. The Morgan fingerprint density at radius 1 is 1.10 bits per heavy atom. The molecule has 0 unspecified atom stereocenters. The Hall–Kier alpha value is -1.22. The van der Waals surface area contributed by atoms with E-state index in [1.807, 2.05) is 19.1 Å². The van der Waals surface area contributed by atoms with Crippen LogP contribution in [0.3, 0.4) is 0 Å². The molecule has 0 aromatic heterocycles. The molecule has 1 aromatic rings. The van der Waals surface area contributed by atoms with Gasteiger partial charge in [-0.2, -0.15) is 0 Å². The van der Waals surface area contributed by atoms with Crippen LogP contribution in [-0.2, 0) is 6.54 Å². The van der Waals surface area contributed by atoms with Crippen molar-refractivity contribution < 1.29 is 9.47 Å². The van der Waals surface area contributed by atoms with Crippen LogP contribution in [0.1, 0.15) is 57.4 Å². The minimum Gasteiger partial charge on any atom is -0.493 e. The first-order valence-electron chi connectivity index (χ1n) is 8.37. The van der Waals surface area contributed by atoms with Crippen molar-refractivity contribution in [3.8, 4) is 11.5 Å². The minimum atomic E-state index is 0.644. The summed E-state index contributed by atoms with van der Waals surface area (Å²) >= 11 is 0. The quantitative estimate of drug-likeness (QED) is 0.848. The van der Waals surface area contributed by atoms with Gasteiger partial charge in [-0.1, -0.05) is 44.2 Å². The van der Waals surface area contributed by atoms with Crippen LogP contribution in [-0.4, -0.2) is 19.8 Å². The van der Waals surface area contributed by atoms with Crippen molar-refractivity contribution in [2.24, 2.45) is 0 Å². The minimum absolute atomic E-state index is 0.644. The molecule has 1 N–H and O–H groups in total. The fourth-order valence-corrected chi connectivity index (χ4v) is 3.12. The van der Waals surface area contributed by atoms with E-state index in [1.165, 1.54) is 50.5 Å². The molecular formula is C18H29NO2. The van der Waals surface area contributed by atoms with E-state index in [0.717, 1.165) is 18.0 Å². The van der Waals surface area contributed by atoms with Crippen molar-refractivity contribution in [2.75, 3.05) is 13.7 Å². The third kappa shape index (κ3) is 4.92. The van der Waals surface area contributed by atoms with E-state index in [1.54, 1.807) is 7.11 Å². The van der Waals surface area contributed by atoms with Gasteiger partial charge in [-0.25, -0.2) is 0 Å². The van der Waals surface area contributed by atoms with Gasteiger partial charge in [-0.15, -0.1) is 0 Å². The smallest absolute Gasteiger partial charge is 0.165 e. The molecule has 2 rings (SSSR count). The van der Waals surface area contributed by atoms with E-state index in [2.05, 4.69) is 11.4 Å². The maximum absolute atomic E-state index is 5.64. The Morgan fingerprint density at radius 2 is 1.81 bits per heavy atom. The molecule has 1 fully saturated rings. The summed E-state index contributed by atoms with van der Waals surface area (Å²) in [5.41, 5.74) is 1.19. The average molecular weight is 291 g/mol. The van der Waals surface area contributed by atoms with E-state index in [0.29, 0.717) is 12.6 Å². The van der Waals surface area contributed by atoms with Crippen molar-refractivity contribution in [3.05, 3.63) is 23.8 Å². The second-order valence-corrected chi connectivity index (χ2v) is 5.80. The van der Waals surface area contributed by atoms with Gasteiger partial charge in [-0.3, -0.25) is 0 Å². The number of hydrogen-bond donors (Lipinski definition) is 1. The molecule has 0 heterocycles. The highest BCUT2D eigenvalue weighted by molar-refractivity contribution is 5.46. The van der Waals surface area contributed by atoms with Crippen molar-refractivity contribution in [1.82, 2.24) is 5.32 Å². The van der Waals surface area contributed by atoms with Crippen LogP contribution in [0.5, 0.6) is 11.5 Å². The van der Waals surface area contributed by atoms with Gasteiger partial charge < -0.3 is 14.8 Å². The molecule has 1 aromatic carbocycles. The number of benzene rings is 1. The van der Waals surface area contributed by atoms with Gasteiger partial charge >= 0.3 is 0 Å². The predicted octanol–water partition coefficient (Wildman–Crippen LogP) is 4.30. The molecule has 0 amide bonds. The fourth-order valence-electron chi connectivity index (χ4n) is 3.12. The second kappa shape index (κ2) is 8.93. The van der Waals surface area contributed by atoms with Crippen LogP contribution in [0.4, 0.5) is 0 Å². The van der Waals surface area contributed by atoms with Crippen LogP contribution in [0.15, 0.2) is 18.2 Å². The average Bonchev–Trinajstić information content (AvgIpc) is 2.46. The van der Waals surface area contributed by atoms with Crippen molar-refractivity contribution in [3.63, 3.8) is 0 Å². The molecule has 1 aliphatic rings. The van der Waals surface area contributed by atoms with Gasteiger partial charge in [0, 0.05) is 18.2 Å². The van der Waals surface area contributed by atoms with Gasteiger partial charge in [0.25, 0.3) is 0 Å². The third-order valence-electron chi connectivity index (χ3n) is 4.25. The molecule has 0 saturated heterocycles. The Bertz CT molecular complexity index is 412. The monoisotopic (exact) mass is 291 g/mol. The highest BCUT2D eigenvalue weighted by Gasteiger charge is 2.14. The van der Waals surface area contributed by atoms with Gasteiger partial charge in [0.1, 0.15) is 0 Å². The second-order valence-electron chi connectivity index (χ2n) is 5.80. The summed E-state index contributed by atoms with van der Waals surface area (Å²) in [7, 11) is 1.72. The standard InChI is InChI=1S/C18H29NO2/c1-3-21-17-13-9-10-15(18(17)20-2)14-19-16-11-7-5-4-6-8-12-16/h9-10,13,16,19H,3-8,11-12,14H2,1-2H3. The maximum atomic E-state index is 5.64. The number of rotatable bonds is 6. The first kappa shape index (κ1) is 16.2. The zero-order valence-electron chi connectivity index (χ0n) is 13.5. The first-order chi connectivity index (χ1) is 10.3. The largest absolute Gasteiger partial charge is 0.493 e. The van der Waals surface area contributed by atoms with Crippen LogP contribution >= 0.6 is 0 Å². The third-order valence-corrected chi connectivity index (χ3v) is 4.25. The molecule has 1 aliphatic carbocycles. The van der Waals surface area contributed by atoms with E-state index in [9.17, 15) is 0 Å². The molecule has 0 bridgehead atoms. The molecular weight excluding hydrogens is 262 g/mol. The van der Waals surface area contributed by atoms with E-state index in [-0.39, 0.29) is 0 Å². The van der Waals surface area contributed by atoms with Crippen LogP contribution in [0, 0.1) is 0 Å². The Kier molecular flexibility index (Phi) is 6.87. The summed E-state index contributed by atoms with van der Waals surface area (Å²) in [6, 6.07) is 6.78. The van der Waals surface area contributed by atoms with Crippen molar-refractivity contribution in [1.29, 1.82) is 0 Å². The molecule has 0 atom stereocenters. The predicted molar refractivity (Wildman–Crippen MR) is 87.1 cm³/mol. The molecule has 0 radical (unpaired) electrons. The van der Waals surface area contributed by atoms with Crippen LogP contribution < -0.4 is 14.8 Å². The number of nitrogens with one attached hydrogen (secondary N) is 1. The Morgan fingerprint density at radius 3 is 2.48 bits per heavy atom. The summed E-state index contributed by atoms with van der Waals surface area (Å²) in [4.78, 5) is 0. The zero-order chi connectivity index (χ0) is 14.9. The molecule has 21 heavy (non-hydrogen) atoms. The lowest BCUT2D eigenvalue weighted by Crippen LogP contribution is -2.29. The summed E-state index contributed by atoms with van der Waals surface area (Å²) in [5.74, 6) is 1.72. The summed E-state index contributed by atoms with van der Waals surface area (Å²) in [5, 5.41) is 3.71. The normalized spacial score (nSPS) is 17.0. The Balaban J connectivity index is 1.96. The molecule has 0 spiro atoms. The molecule has 1 saturated carbocycles. The van der Waals surface area contributed by atoms with E-state index < -0.39 is 0 Å². The molecule has 3 nitrogen and oxygen atoms in total. The molecule has 3 heteroatoms. The van der Waals surface area contributed by atoms with Crippen LogP contribution in [0.2, 0.25) is 0 Å². The lowest BCUT2D eigenvalue weighted by Gasteiger charge is -2.22. The lowest BCUT2D eigenvalue weighted by atomic mass is 9.96. The Labute approximate surface area is 129 Å². The van der Waals surface area contributed by atoms with Gasteiger partial charge in [-0.05, 0) is 25.8 Å². The number of para-hydroxylation sites is 1. The fraction of sp³-hybridized carbons (Fsp3) is 0.667. The van der Waals surface area contributed by atoms with Gasteiger partial charge in [0.05, 0.1) is 13.7 Å². The topological polar surface area (TPSA) is 30.5 Å². The van der Waals surface area contributed by atoms with Gasteiger partial charge in [0.15, 0.2) is 11.5 Å². The summed E-state index contributed by atoms with van der Waals surface area (Å²) < 4.78 is 11.2. The summed E-state index contributed by atoms with van der Waals surface area (Å²) in [6.07, 6.45) is 9.50. The molecule has 0 aliphatic heterocycles. The zero-order valence-corrected chi connectivity index (χ0v) is 13.5. The lowest BCUT2D eigenvalue weighted by molar-refractivity contribution is 0.307. The van der Waals surface area contributed by atoms with Gasteiger partial charge in [0.2, 0.25) is 0 Å². The van der Waals surface area contributed by atoms with Crippen molar-refractivity contribution >= 4 is 0 Å². The number of hydrogen-bond acceptors (Lipinski definition) is 3. The summed E-state index contributed by atoms with van der Waals surface area (Å²) in [6.45, 7) is 3.52. The first-order valence-corrected chi connectivity index (χ1v) is 8.37. The SMILES string of the molecule is CCOc1cccc(CNC2CCCCCCC2)c1OC. The van der Waals surface area contributed by atoms with E-state index in [4.69, 9.17) is 9.47 Å². The highest BCUT2D eigenvalue weighted by atomic mass is 16.5. The van der Waals surface area contributed by atoms with Crippen molar-refractivity contribution in [2.45, 2.75) is 64.5 Å².